The average Bonchev–Trinajstić information content (AvgIpc) is 3.16. The molecule has 1 aliphatic rings. The molecule has 0 fully saturated rings. The number of aromatic nitrogens is 2. The van der Waals surface area contributed by atoms with Gasteiger partial charge in [0.1, 0.15) is 0 Å². The van der Waals surface area contributed by atoms with Crippen LogP contribution in [0.1, 0.15) is 25.1 Å². The zero-order chi connectivity index (χ0) is 17.5. The lowest BCUT2D eigenvalue weighted by Crippen LogP contribution is -2.17. The van der Waals surface area contributed by atoms with E-state index in [1.54, 1.807) is 0 Å². The third kappa shape index (κ3) is 1.51. The molecule has 0 atom stereocenters. The number of H-pyrrole nitrogens is 1. The minimum Gasteiger partial charge on any atom is -0.354 e. The van der Waals surface area contributed by atoms with Gasteiger partial charge in [0.2, 0.25) is 0 Å². The van der Waals surface area contributed by atoms with E-state index in [-0.39, 0.29) is 5.41 Å². The van der Waals surface area contributed by atoms with Gasteiger partial charge < -0.3 is 4.98 Å². The Hall–Kier alpha value is -3.13. The maximum Gasteiger partial charge on any atom is 0.0583 e. The van der Waals surface area contributed by atoms with Crippen LogP contribution in [0.5, 0.6) is 0 Å². The summed E-state index contributed by atoms with van der Waals surface area (Å²) in [5.74, 6) is 0. The summed E-state index contributed by atoms with van der Waals surface area (Å²) in [5.41, 5.74) is 7.47. The molecule has 0 saturated carbocycles. The standard InChI is InChI=1S/C24H18N2/c1-24(2)21-19(17-11-7-13-25-23(17)24)14-8-3-4-9-15(14)20-16-10-5-6-12-18(16)26-22(20)21/h3-13,26H,1-2H3. The van der Waals surface area contributed by atoms with Crippen molar-refractivity contribution in [2.75, 3.05) is 0 Å². The van der Waals surface area contributed by atoms with Crippen molar-refractivity contribution in [3.63, 3.8) is 0 Å². The van der Waals surface area contributed by atoms with Gasteiger partial charge in [0, 0.05) is 33.5 Å². The lowest BCUT2D eigenvalue weighted by Gasteiger charge is -2.21. The van der Waals surface area contributed by atoms with Crippen molar-refractivity contribution in [3.8, 4) is 11.1 Å². The number of benzene rings is 3. The van der Waals surface area contributed by atoms with Crippen molar-refractivity contribution >= 4 is 32.6 Å². The third-order valence-corrected chi connectivity index (χ3v) is 5.97. The van der Waals surface area contributed by atoms with Crippen molar-refractivity contribution in [2.24, 2.45) is 0 Å². The molecule has 3 aromatic carbocycles. The maximum atomic E-state index is 4.78. The lowest BCUT2D eigenvalue weighted by atomic mass is 9.82. The zero-order valence-electron chi connectivity index (χ0n) is 14.8. The smallest absolute Gasteiger partial charge is 0.0583 e. The molecule has 6 rings (SSSR count). The monoisotopic (exact) mass is 334 g/mol. The molecule has 2 nitrogen and oxygen atoms in total. The Morgan fingerprint density at radius 3 is 2.38 bits per heavy atom. The molecule has 2 heteroatoms. The second-order valence-electron chi connectivity index (χ2n) is 7.74. The molecule has 0 radical (unpaired) electrons. The SMILES string of the molecule is CC1(C)c2ncccc2-c2c1c1[nH]c3ccccc3c1c1ccccc21. The highest BCUT2D eigenvalue weighted by Gasteiger charge is 2.40. The third-order valence-electron chi connectivity index (χ3n) is 5.97. The van der Waals surface area contributed by atoms with Gasteiger partial charge >= 0.3 is 0 Å². The summed E-state index contributed by atoms with van der Waals surface area (Å²) in [7, 11) is 0. The van der Waals surface area contributed by atoms with Gasteiger partial charge in [0.15, 0.2) is 0 Å². The predicted molar refractivity (Wildman–Crippen MR) is 109 cm³/mol. The largest absolute Gasteiger partial charge is 0.354 e. The van der Waals surface area contributed by atoms with Crippen LogP contribution in [-0.4, -0.2) is 9.97 Å². The molecule has 0 amide bonds. The molecular weight excluding hydrogens is 316 g/mol. The van der Waals surface area contributed by atoms with Crippen molar-refractivity contribution in [1.82, 2.24) is 9.97 Å². The van der Waals surface area contributed by atoms with Gasteiger partial charge in [-0.3, -0.25) is 4.98 Å². The number of fused-ring (bicyclic) bond motifs is 10. The average molecular weight is 334 g/mol. The van der Waals surface area contributed by atoms with Gasteiger partial charge in [0.25, 0.3) is 0 Å². The van der Waals surface area contributed by atoms with Gasteiger partial charge in [0.05, 0.1) is 11.2 Å². The second-order valence-corrected chi connectivity index (χ2v) is 7.74. The van der Waals surface area contributed by atoms with Gasteiger partial charge in [-0.25, -0.2) is 0 Å². The van der Waals surface area contributed by atoms with E-state index in [2.05, 4.69) is 73.4 Å². The number of hydrogen-bond donors (Lipinski definition) is 1. The first-order chi connectivity index (χ1) is 12.7. The zero-order valence-corrected chi connectivity index (χ0v) is 14.8. The van der Waals surface area contributed by atoms with Gasteiger partial charge in [-0.05, 0) is 34.0 Å². The normalized spacial score (nSPS) is 14.8. The highest BCUT2D eigenvalue weighted by atomic mass is 14.8. The van der Waals surface area contributed by atoms with E-state index in [9.17, 15) is 0 Å². The van der Waals surface area contributed by atoms with E-state index in [0.29, 0.717) is 0 Å². The van der Waals surface area contributed by atoms with Crippen LogP contribution >= 0.6 is 0 Å². The first-order valence-electron chi connectivity index (χ1n) is 9.09. The molecule has 0 spiro atoms. The van der Waals surface area contributed by atoms with Crippen LogP contribution in [0.3, 0.4) is 0 Å². The minimum absolute atomic E-state index is 0.130. The van der Waals surface area contributed by atoms with Crippen LogP contribution in [0, 0.1) is 0 Å². The molecule has 1 N–H and O–H groups in total. The summed E-state index contributed by atoms with van der Waals surface area (Å²) in [6, 6.07) is 21.7. The summed E-state index contributed by atoms with van der Waals surface area (Å²) in [6.45, 7) is 4.59. The first-order valence-corrected chi connectivity index (χ1v) is 9.09. The van der Waals surface area contributed by atoms with Gasteiger partial charge in [-0.2, -0.15) is 0 Å². The molecule has 2 heterocycles. The summed E-state index contributed by atoms with van der Waals surface area (Å²) in [6.07, 6.45) is 1.91. The molecule has 0 saturated heterocycles. The Bertz CT molecular complexity index is 1360. The van der Waals surface area contributed by atoms with Crippen LogP contribution in [0.4, 0.5) is 0 Å². The van der Waals surface area contributed by atoms with Crippen molar-refractivity contribution in [2.45, 2.75) is 19.3 Å². The van der Waals surface area contributed by atoms with Crippen LogP contribution in [0.2, 0.25) is 0 Å². The van der Waals surface area contributed by atoms with Crippen molar-refractivity contribution in [1.29, 1.82) is 0 Å². The molecule has 1 aliphatic carbocycles. The molecule has 26 heavy (non-hydrogen) atoms. The van der Waals surface area contributed by atoms with E-state index < -0.39 is 0 Å². The van der Waals surface area contributed by atoms with Gasteiger partial charge in [-0.15, -0.1) is 0 Å². The fourth-order valence-corrected chi connectivity index (χ4v) is 4.92. The molecule has 0 aliphatic heterocycles. The number of nitrogens with one attached hydrogen (secondary N) is 1. The van der Waals surface area contributed by atoms with E-state index in [1.807, 2.05) is 12.3 Å². The second kappa shape index (κ2) is 4.53. The quantitative estimate of drug-likeness (QED) is 0.360. The van der Waals surface area contributed by atoms with E-state index in [0.717, 1.165) is 0 Å². The molecule has 0 unspecified atom stereocenters. The highest BCUT2D eigenvalue weighted by Crippen LogP contribution is 2.54. The summed E-state index contributed by atoms with van der Waals surface area (Å²) < 4.78 is 0. The number of nitrogens with zero attached hydrogens (tertiary/aromatic N) is 1. The maximum absolute atomic E-state index is 4.78. The fraction of sp³-hybridized carbons (Fsp3) is 0.125. The molecule has 124 valence electrons. The van der Waals surface area contributed by atoms with Crippen LogP contribution in [-0.2, 0) is 5.41 Å². The summed E-state index contributed by atoms with van der Waals surface area (Å²) in [4.78, 5) is 8.51. The Morgan fingerprint density at radius 1 is 0.808 bits per heavy atom. The van der Waals surface area contributed by atoms with E-state index in [1.165, 1.54) is 55.0 Å². The Balaban J connectivity index is 1.98. The Labute approximate surface area is 151 Å². The lowest BCUT2D eigenvalue weighted by molar-refractivity contribution is 0.641. The number of hydrogen-bond acceptors (Lipinski definition) is 1. The summed E-state index contributed by atoms with van der Waals surface area (Å²) in [5, 5.41) is 5.25. The van der Waals surface area contributed by atoms with E-state index in [4.69, 9.17) is 4.98 Å². The first kappa shape index (κ1) is 14.1. The fourth-order valence-electron chi connectivity index (χ4n) is 4.92. The number of aromatic amines is 1. The molecule has 2 aromatic heterocycles. The Kier molecular flexibility index (Phi) is 2.45. The highest BCUT2D eigenvalue weighted by molar-refractivity contribution is 6.25. The van der Waals surface area contributed by atoms with Crippen LogP contribution < -0.4 is 0 Å². The van der Waals surface area contributed by atoms with Crippen LogP contribution in [0.15, 0.2) is 66.9 Å². The predicted octanol–water partition coefficient (Wildman–Crippen LogP) is 6.18. The molecule has 5 aromatic rings. The van der Waals surface area contributed by atoms with Crippen LogP contribution in [0.25, 0.3) is 43.7 Å². The number of rotatable bonds is 0. The van der Waals surface area contributed by atoms with E-state index >= 15 is 0 Å². The van der Waals surface area contributed by atoms with Crippen molar-refractivity contribution < 1.29 is 0 Å². The molecular formula is C24H18N2. The number of pyridine rings is 1. The number of para-hydroxylation sites is 1. The topological polar surface area (TPSA) is 28.7 Å². The summed E-state index contributed by atoms with van der Waals surface area (Å²) >= 11 is 0. The molecule has 0 bridgehead atoms. The van der Waals surface area contributed by atoms with Crippen molar-refractivity contribution in [3.05, 3.63) is 78.1 Å². The minimum atomic E-state index is -0.130. The Morgan fingerprint density at radius 2 is 1.54 bits per heavy atom. The van der Waals surface area contributed by atoms with Gasteiger partial charge in [-0.1, -0.05) is 62.4 Å².